The molecular formula is C11H16F3N3OS. The summed E-state index contributed by atoms with van der Waals surface area (Å²) in [7, 11) is 0. The second kappa shape index (κ2) is 6.36. The van der Waals surface area contributed by atoms with E-state index in [4.69, 9.17) is 5.84 Å². The Morgan fingerprint density at radius 3 is 2.63 bits per heavy atom. The third-order valence-corrected chi connectivity index (χ3v) is 3.53. The van der Waals surface area contributed by atoms with Gasteiger partial charge in [0.15, 0.2) is 0 Å². The standard InChI is InChI=1S/C11H16F3N3OS/c1-7(2)17(6-11(12,13)14)5-8-3-4-19-9(8)10(18)16-15/h3-4,7H,5-6,15H2,1-2H3,(H,16,18). The van der Waals surface area contributed by atoms with Crippen molar-refractivity contribution in [3.8, 4) is 0 Å². The minimum Gasteiger partial charge on any atom is -0.289 e. The Kier molecular flexibility index (Phi) is 5.33. The number of amides is 1. The molecule has 0 atom stereocenters. The lowest BCUT2D eigenvalue weighted by Gasteiger charge is -2.27. The number of rotatable bonds is 5. The summed E-state index contributed by atoms with van der Waals surface area (Å²) in [5.74, 6) is 4.55. The van der Waals surface area contributed by atoms with E-state index in [2.05, 4.69) is 0 Å². The van der Waals surface area contributed by atoms with E-state index in [-0.39, 0.29) is 12.6 Å². The van der Waals surface area contributed by atoms with Gasteiger partial charge in [-0.3, -0.25) is 15.1 Å². The van der Waals surface area contributed by atoms with E-state index >= 15 is 0 Å². The molecule has 0 aliphatic rings. The molecule has 0 aliphatic heterocycles. The maximum atomic E-state index is 12.5. The van der Waals surface area contributed by atoms with E-state index < -0.39 is 18.6 Å². The van der Waals surface area contributed by atoms with Crippen molar-refractivity contribution in [2.75, 3.05) is 6.54 Å². The van der Waals surface area contributed by atoms with Crippen molar-refractivity contribution >= 4 is 17.2 Å². The number of alkyl halides is 3. The monoisotopic (exact) mass is 295 g/mol. The Balaban J connectivity index is 2.86. The van der Waals surface area contributed by atoms with Crippen molar-refractivity contribution in [2.24, 2.45) is 5.84 Å². The van der Waals surface area contributed by atoms with Gasteiger partial charge in [0, 0.05) is 12.6 Å². The Morgan fingerprint density at radius 1 is 1.53 bits per heavy atom. The molecule has 108 valence electrons. The molecule has 0 aliphatic carbocycles. The topological polar surface area (TPSA) is 58.4 Å². The highest BCUT2D eigenvalue weighted by Crippen LogP contribution is 2.23. The first-order valence-corrected chi connectivity index (χ1v) is 6.50. The summed E-state index contributed by atoms with van der Waals surface area (Å²) in [5.41, 5.74) is 2.54. The van der Waals surface area contributed by atoms with Crippen LogP contribution in [0.3, 0.4) is 0 Å². The maximum Gasteiger partial charge on any atom is 0.401 e. The fourth-order valence-electron chi connectivity index (χ4n) is 1.60. The summed E-state index contributed by atoms with van der Waals surface area (Å²) >= 11 is 1.15. The molecule has 1 amide bonds. The number of nitrogen functional groups attached to an aromatic ring is 1. The van der Waals surface area contributed by atoms with Crippen LogP contribution in [0.25, 0.3) is 0 Å². The van der Waals surface area contributed by atoms with E-state index in [1.807, 2.05) is 5.43 Å². The lowest BCUT2D eigenvalue weighted by Crippen LogP contribution is -2.39. The summed E-state index contributed by atoms with van der Waals surface area (Å²) in [4.78, 5) is 13.1. The molecule has 0 unspecified atom stereocenters. The Labute approximate surface area is 113 Å². The van der Waals surface area contributed by atoms with E-state index in [0.29, 0.717) is 10.4 Å². The first kappa shape index (κ1) is 15.9. The number of halogens is 3. The summed E-state index contributed by atoms with van der Waals surface area (Å²) in [6.45, 7) is 2.41. The van der Waals surface area contributed by atoms with Gasteiger partial charge < -0.3 is 0 Å². The average Bonchev–Trinajstić information content (AvgIpc) is 2.73. The van der Waals surface area contributed by atoms with Crippen molar-refractivity contribution in [2.45, 2.75) is 32.6 Å². The van der Waals surface area contributed by atoms with Crippen LogP contribution in [0.2, 0.25) is 0 Å². The zero-order chi connectivity index (χ0) is 14.6. The highest BCUT2D eigenvalue weighted by molar-refractivity contribution is 7.12. The molecule has 1 heterocycles. The molecule has 1 aromatic heterocycles. The van der Waals surface area contributed by atoms with Crippen molar-refractivity contribution in [1.29, 1.82) is 0 Å². The van der Waals surface area contributed by atoms with Gasteiger partial charge in [-0.15, -0.1) is 11.3 Å². The molecule has 0 bridgehead atoms. The molecule has 1 aromatic rings. The van der Waals surface area contributed by atoms with E-state index in [1.54, 1.807) is 25.3 Å². The molecule has 8 heteroatoms. The van der Waals surface area contributed by atoms with Crippen LogP contribution in [0, 0.1) is 0 Å². The number of hydrazine groups is 1. The molecule has 0 radical (unpaired) electrons. The molecule has 0 aromatic carbocycles. The third kappa shape index (κ3) is 4.81. The van der Waals surface area contributed by atoms with Gasteiger partial charge in [0.05, 0.1) is 11.4 Å². The van der Waals surface area contributed by atoms with Crippen LogP contribution in [0.5, 0.6) is 0 Å². The van der Waals surface area contributed by atoms with Crippen LogP contribution in [0.1, 0.15) is 29.1 Å². The molecular weight excluding hydrogens is 279 g/mol. The Hall–Kier alpha value is -1.12. The van der Waals surface area contributed by atoms with E-state index in [1.165, 1.54) is 4.90 Å². The van der Waals surface area contributed by atoms with Crippen molar-refractivity contribution in [3.63, 3.8) is 0 Å². The number of carbonyl (C=O) groups excluding carboxylic acids is 1. The molecule has 0 fully saturated rings. The molecule has 19 heavy (non-hydrogen) atoms. The van der Waals surface area contributed by atoms with E-state index in [0.717, 1.165) is 11.3 Å². The lowest BCUT2D eigenvalue weighted by molar-refractivity contribution is -0.150. The highest BCUT2D eigenvalue weighted by atomic mass is 32.1. The van der Waals surface area contributed by atoms with Crippen LogP contribution in [-0.2, 0) is 6.54 Å². The van der Waals surface area contributed by atoms with Gasteiger partial charge in [-0.05, 0) is 30.9 Å². The van der Waals surface area contributed by atoms with Crippen molar-refractivity contribution in [1.82, 2.24) is 10.3 Å². The number of hydrogen-bond acceptors (Lipinski definition) is 4. The largest absolute Gasteiger partial charge is 0.401 e. The predicted molar refractivity (Wildman–Crippen MR) is 67.6 cm³/mol. The van der Waals surface area contributed by atoms with Gasteiger partial charge in [0.2, 0.25) is 0 Å². The summed E-state index contributed by atoms with van der Waals surface area (Å²) in [6, 6.07) is 1.36. The summed E-state index contributed by atoms with van der Waals surface area (Å²) in [5, 5.41) is 1.66. The minimum absolute atomic E-state index is 0.0590. The Morgan fingerprint density at radius 2 is 2.16 bits per heavy atom. The molecule has 0 saturated carbocycles. The highest BCUT2D eigenvalue weighted by Gasteiger charge is 2.32. The third-order valence-electron chi connectivity index (χ3n) is 2.57. The van der Waals surface area contributed by atoms with Crippen LogP contribution in [0.4, 0.5) is 13.2 Å². The van der Waals surface area contributed by atoms with Crippen LogP contribution in [-0.4, -0.2) is 29.6 Å². The Bertz CT molecular complexity index is 431. The van der Waals surface area contributed by atoms with Crippen LogP contribution >= 0.6 is 11.3 Å². The quantitative estimate of drug-likeness (QED) is 0.497. The number of nitrogens with one attached hydrogen (secondary N) is 1. The molecule has 1 rings (SSSR count). The first-order valence-electron chi connectivity index (χ1n) is 5.62. The zero-order valence-electron chi connectivity index (χ0n) is 10.6. The van der Waals surface area contributed by atoms with Gasteiger partial charge in [0.1, 0.15) is 0 Å². The SMILES string of the molecule is CC(C)N(Cc1ccsc1C(=O)NN)CC(F)(F)F. The smallest absolute Gasteiger partial charge is 0.289 e. The van der Waals surface area contributed by atoms with Crippen LogP contribution in [0.15, 0.2) is 11.4 Å². The normalized spacial score (nSPS) is 12.2. The second-order valence-corrected chi connectivity index (χ2v) is 5.28. The maximum absolute atomic E-state index is 12.5. The van der Waals surface area contributed by atoms with Crippen LogP contribution < -0.4 is 11.3 Å². The minimum atomic E-state index is -4.27. The van der Waals surface area contributed by atoms with Gasteiger partial charge in [-0.2, -0.15) is 13.2 Å². The number of nitrogens with two attached hydrogens (primary N) is 1. The lowest BCUT2D eigenvalue weighted by atomic mass is 10.2. The molecule has 0 spiro atoms. The zero-order valence-corrected chi connectivity index (χ0v) is 11.4. The fourth-order valence-corrected chi connectivity index (χ4v) is 2.41. The average molecular weight is 295 g/mol. The first-order chi connectivity index (χ1) is 8.74. The van der Waals surface area contributed by atoms with Gasteiger partial charge in [-0.1, -0.05) is 0 Å². The summed E-state index contributed by atoms with van der Waals surface area (Å²) < 4.78 is 37.4. The number of carbonyl (C=O) groups is 1. The number of hydrogen-bond donors (Lipinski definition) is 2. The van der Waals surface area contributed by atoms with E-state index in [9.17, 15) is 18.0 Å². The second-order valence-electron chi connectivity index (χ2n) is 4.36. The van der Waals surface area contributed by atoms with Gasteiger partial charge in [0.25, 0.3) is 5.91 Å². The van der Waals surface area contributed by atoms with Gasteiger partial charge in [-0.25, -0.2) is 5.84 Å². The predicted octanol–water partition coefficient (Wildman–Crippen LogP) is 2.12. The van der Waals surface area contributed by atoms with Gasteiger partial charge >= 0.3 is 6.18 Å². The number of nitrogens with zero attached hydrogens (tertiary/aromatic N) is 1. The molecule has 4 nitrogen and oxygen atoms in total. The number of thiophene rings is 1. The summed E-state index contributed by atoms with van der Waals surface area (Å²) in [6.07, 6.45) is -4.27. The van der Waals surface area contributed by atoms with Crippen molar-refractivity contribution < 1.29 is 18.0 Å². The molecule has 0 saturated heterocycles. The van der Waals surface area contributed by atoms with Crippen molar-refractivity contribution in [3.05, 3.63) is 21.9 Å². The molecule has 3 N–H and O–H groups in total. The fraction of sp³-hybridized carbons (Fsp3) is 0.545.